The summed E-state index contributed by atoms with van der Waals surface area (Å²) in [7, 11) is 0. The Morgan fingerprint density at radius 3 is 2.91 bits per heavy atom. The van der Waals surface area contributed by atoms with Gasteiger partial charge in [-0.15, -0.1) is 10.2 Å². The molecule has 8 nitrogen and oxygen atoms in total. The molecule has 0 amide bonds. The number of H-pyrrole nitrogens is 1. The predicted octanol–water partition coefficient (Wildman–Crippen LogP) is 5.02. The zero-order valence-corrected chi connectivity index (χ0v) is 19.5. The normalized spacial score (nSPS) is 16.8. The van der Waals surface area contributed by atoms with E-state index in [9.17, 15) is 4.39 Å². The molecule has 2 aromatic carbocycles. The molecule has 1 N–H and O–H groups in total. The highest BCUT2D eigenvalue weighted by atomic mass is 19.1. The highest BCUT2D eigenvalue weighted by Gasteiger charge is 2.26. The van der Waals surface area contributed by atoms with Gasteiger partial charge in [0.2, 0.25) is 11.8 Å². The number of aromatic nitrogens is 6. The average Bonchev–Trinajstić information content (AvgIpc) is 3.64. The molecule has 1 atom stereocenters. The van der Waals surface area contributed by atoms with Crippen LogP contribution in [0.4, 0.5) is 4.39 Å². The van der Waals surface area contributed by atoms with E-state index in [1.807, 2.05) is 47.4 Å². The van der Waals surface area contributed by atoms with Crippen LogP contribution in [-0.4, -0.2) is 48.2 Å². The summed E-state index contributed by atoms with van der Waals surface area (Å²) >= 11 is 0. The van der Waals surface area contributed by atoms with Crippen LogP contribution < -0.4 is 0 Å². The summed E-state index contributed by atoms with van der Waals surface area (Å²) < 4.78 is 22.2. The number of benzene rings is 2. The van der Waals surface area contributed by atoms with Crippen LogP contribution in [0.2, 0.25) is 0 Å². The van der Waals surface area contributed by atoms with E-state index in [0.717, 1.165) is 60.2 Å². The van der Waals surface area contributed by atoms with Crippen molar-refractivity contribution in [2.75, 3.05) is 13.1 Å². The number of nitrogens with one attached hydrogen (secondary N) is 1. The van der Waals surface area contributed by atoms with Gasteiger partial charge in [0.05, 0.1) is 17.6 Å². The van der Waals surface area contributed by atoms with E-state index in [0.29, 0.717) is 23.9 Å². The Morgan fingerprint density at radius 2 is 2.06 bits per heavy atom. The highest BCUT2D eigenvalue weighted by molar-refractivity contribution is 5.94. The van der Waals surface area contributed by atoms with Gasteiger partial charge in [-0.3, -0.25) is 14.7 Å². The summed E-state index contributed by atoms with van der Waals surface area (Å²) in [6.07, 6.45) is 5.80. The topological polar surface area (TPSA) is 88.7 Å². The lowest BCUT2D eigenvalue weighted by Gasteiger charge is -2.31. The predicted molar refractivity (Wildman–Crippen MR) is 130 cm³/mol. The zero-order valence-electron chi connectivity index (χ0n) is 19.5. The van der Waals surface area contributed by atoms with Gasteiger partial charge in [-0.2, -0.15) is 10.2 Å². The van der Waals surface area contributed by atoms with Gasteiger partial charge in [0, 0.05) is 47.9 Å². The molecule has 1 fully saturated rings. The molecule has 0 saturated carbocycles. The zero-order chi connectivity index (χ0) is 23.8. The minimum absolute atomic E-state index is 0.130. The van der Waals surface area contributed by atoms with E-state index in [1.165, 1.54) is 6.07 Å². The lowest BCUT2D eigenvalue weighted by Crippen LogP contribution is -2.34. The molecule has 4 heterocycles. The maximum absolute atomic E-state index is 14.1. The van der Waals surface area contributed by atoms with Crippen molar-refractivity contribution in [2.45, 2.75) is 38.8 Å². The summed E-state index contributed by atoms with van der Waals surface area (Å²) in [5, 5.41) is 21.7. The van der Waals surface area contributed by atoms with Crippen molar-refractivity contribution < 1.29 is 8.81 Å². The maximum atomic E-state index is 14.1. The van der Waals surface area contributed by atoms with Crippen molar-refractivity contribution >= 4 is 10.9 Å². The van der Waals surface area contributed by atoms with E-state index >= 15 is 0 Å². The van der Waals surface area contributed by atoms with Crippen molar-refractivity contribution in [3.8, 4) is 22.7 Å². The van der Waals surface area contributed by atoms with Gasteiger partial charge in [-0.05, 0) is 50.6 Å². The van der Waals surface area contributed by atoms with Crippen molar-refractivity contribution in [3.05, 3.63) is 72.1 Å². The summed E-state index contributed by atoms with van der Waals surface area (Å²) in [6.45, 7) is 5.13. The first-order valence-electron chi connectivity index (χ1n) is 12.0. The Hall–Kier alpha value is -3.85. The van der Waals surface area contributed by atoms with Gasteiger partial charge < -0.3 is 4.42 Å². The van der Waals surface area contributed by atoms with Crippen molar-refractivity contribution in [3.63, 3.8) is 0 Å². The standard InChI is InChI=1S/C26H26FN7O/c1-2-34-16-20(13-28-34)24-21-12-17(9-10-23(21)29-30-24)25-31-32-26(35-25)19-7-5-11-33(15-19)14-18-6-3-4-8-22(18)27/h3-4,6,8-10,12-13,16,19H,2,5,7,11,14-15H2,1H3,(H,29,30)/t19-/m1/s1. The Labute approximate surface area is 201 Å². The molecule has 5 aromatic rings. The Morgan fingerprint density at radius 1 is 1.14 bits per heavy atom. The molecule has 0 radical (unpaired) electrons. The third-order valence-corrected chi connectivity index (χ3v) is 6.69. The Kier molecular flexibility index (Phi) is 5.61. The van der Waals surface area contributed by atoms with Gasteiger partial charge in [0.1, 0.15) is 11.5 Å². The molecule has 1 aliphatic rings. The molecule has 35 heavy (non-hydrogen) atoms. The summed E-state index contributed by atoms with van der Waals surface area (Å²) in [6, 6.07) is 12.9. The number of fused-ring (bicyclic) bond motifs is 1. The molecular weight excluding hydrogens is 445 g/mol. The number of piperidine rings is 1. The number of rotatable bonds is 6. The average molecular weight is 472 g/mol. The second-order valence-electron chi connectivity index (χ2n) is 9.03. The fourth-order valence-electron chi connectivity index (χ4n) is 4.81. The van der Waals surface area contributed by atoms with E-state index in [2.05, 4.69) is 37.3 Å². The monoisotopic (exact) mass is 471 g/mol. The van der Waals surface area contributed by atoms with E-state index in [-0.39, 0.29) is 11.7 Å². The first-order chi connectivity index (χ1) is 17.2. The number of hydrogen-bond donors (Lipinski definition) is 1. The second-order valence-corrected chi connectivity index (χ2v) is 9.03. The number of halogens is 1. The van der Waals surface area contributed by atoms with Crippen molar-refractivity contribution in [1.29, 1.82) is 0 Å². The highest BCUT2D eigenvalue weighted by Crippen LogP contribution is 2.32. The summed E-state index contributed by atoms with van der Waals surface area (Å²) in [5.41, 5.74) is 4.30. The van der Waals surface area contributed by atoms with Crippen LogP contribution in [0.1, 0.15) is 37.1 Å². The molecule has 9 heteroatoms. The largest absolute Gasteiger partial charge is 0.420 e. The van der Waals surface area contributed by atoms with Crippen LogP contribution in [0.25, 0.3) is 33.6 Å². The van der Waals surface area contributed by atoms with Crippen molar-refractivity contribution in [2.24, 2.45) is 0 Å². The van der Waals surface area contributed by atoms with Gasteiger partial charge in [0.15, 0.2) is 0 Å². The SMILES string of the molecule is CCn1cc(-c2n[nH]c3ccc(-c4nnc([C@@H]5CCCN(Cc6ccccc6F)C5)o4)cc23)cn1. The molecular formula is C26H26FN7O. The fourth-order valence-corrected chi connectivity index (χ4v) is 4.81. The smallest absolute Gasteiger partial charge is 0.247 e. The molecule has 6 rings (SSSR count). The second kappa shape index (κ2) is 9.07. The minimum Gasteiger partial charge on any atom is -0.420 e. The van der Waals surface area contributed by atoms with E-state index in [4.69, 9.17) is 4.42 Å². The molecule has 0 spiro atoms. The number of aryl methyl sites for hydroxylation is 1. The molecule has 0 unspecified atom stereocenters. The van der Waals surface area contributed by atoms with E-state index in [1.54, 1.807) is 6.07 Å². The van der Waals surface area contributed by atoms with Crippen LogP contribution in [0.15, 0.2) is 59.3 Å². The molecule has 1 aliphatic heterocycles. The third-order valence-electron chi connectivity index (χ3n) is 6.69. The van der Waals surface area contributed by atoms with Gasteiger partial charge in [-0.1, -0.05) is 18.2 Å². The van der Waals surface area contributed by atoms with Gasteiger partial charge in [0.25, 0.3) is 0 Å². The van der Waals surface area contributed by atoms with Crippen LogP contribution >= 0.6 is 0 Å². The lowest BCUT2D eigenvalue weighted by molar-refractivity contribution is 0.184. The van der Waals surface area contributed by atoms with E-state index < -0.39 is 0 Å². The van der Waals surface area contributed by atoms with Crippen LogP contribution in [-0.2, 0) is 13.1 Å². The molecule has 0 bridgehead atoms. The summed E-state index contributed by atoms with van der Waals surface area (Å²) in [4.78, 5) is 2.26. The first-order valence-corrected chi connectivity index (χ1v) is 12.0. The van der Waals surface area contributed by atoms with Crippen LogP contribution in [0.3, 0.4) is 0 Å². The van der Waals surface area contributed by atoms with Gasteiger partial charge >= 0.3 is 0 Å². The molecule has 178 valence electrons. The number of aromatic amines is 1. The first kappa shape index (κ1) is 21.7. The minimum atomic E-state index is -0.161. The maximum Gasteiger partial charge on any atom is 0.247 e. The molecule has 0 aliphatic carbocycles. The van der Waals surface area contributed by atoms with Crippen molar-refractivity contribution in [1.82, 2.24) is 35.1 Å². The summed E-state index contributed by atoms with van der Waals surface area (Å²) in [5.74, 6) is 1.09. The number of nitrogens with zero attached hydrogens (tertiary/aromatic N) is 6. The fraction of sp³-hybridized carbons (Fsp3) is 0.308. The van der Waals surface area contributed by atoms with Crippen LogP contribution in [0.5, 0.6) is 0 Å². The lowest BCUT2D eigenvalue weighted by atomic mass is 9.97. The molecule has 3 aromatic heterocycles. The number of likely N-dealkylation sites (tertiary alicyclic amines) is 1. The Bertz CT molecular complexity index is 1470. The molecule has 1 saturated heterocycles. The van der Waals surface area contributed by atoms with Crippen LogP contribution in [0, 0.1) is 5.82 Å². The van der Waals surface area contributed by atoms with Gasteiger partial charge in [-0.25, -0.2) is 4.39 Å². The third kappa shape index (κ3) is 4.23. The quantitative estimate of drug-likeness (QED) is 0.374. The number of hydrogen-bond acceptors (Lipinski definition) is 6. The Balaban J connectivity index is 1.23.